The van der Waals surface area contributed by atoms with E-state index in [0.29, 0.717) is 31.4 Å². The molecule has 0 aromatic heterocycles. The molecule has 0 aliphatic carbocycles. The first-order valence-corrected chi connectivity index (χ1v) is 8.03. The largest absolute Gasteiger partial charge is 0.490 e. The second-order valence-electron chi connectivity index (χ2n) is 5.38. The molecule has 2 nitrogen and oxygen atoms in total. The Morgan fingerprint density at radius 2 is 2.00 bits per heavy atom. The molecule has 1 rings (SSSR count). The van der Waals surface area contributed by atoms with Gasteiger partial charge in [-0.2, -0.15) is 0 Å². The molecule has 0 bridgehead atoms. The Hall–Kier alpha value is -1.17. The zero-order valence-electron chi connectivity index (χ0n) is 13.2. The van der Waals surface area contributed by atoms with Crippen molar-refractivity contribution < 1.29 is 9.47 Å². The van der Waals surface area contributed by atoms with E-state index in [-0.39, 0.29) is 0 Å². The SMILES string of the molecule is Cc1ccc(OCCOCCC(C)C)c(C#CCCCl)c1. The molecule has 0 saturated heterocycles. The van der Waals surface area contributed by atoms with Gasteiger partial charge < -0.3 is 9.47 Å². The van der Waals surface area contributed by atoms with Crippen LogP contribution in [-0.4, -0.2) is 25.7 Å². The van der Waals surface area contributed by atoms with Gasteiger partial charge in [-0.3, -0.25) is 0 Å². The molecule has 0 aliphatic rings. The van der Waals surface area contributed by atoms with Crippen molar-refractivity contribution in [3.8, 4) is 17.6 Å². The molecule has 0 radical (unpaired) electrons. The van der Waals surface area contributed by atoms with Gasteiger partial charge in [-0.15, -0.1) is 11.6 Å². The lowest BCUT2D eigenvalue weighted by molar-refractivity contribution is 0.0925. The first kappa shape index (κ1) is 17.9. The first-order valence-electron chi connectivity index (χ1n) is 7.49. The molecular formula is C18H25ClO2. The smallest absolute Gasteiger partial charge is 0.135 e. The number of ether oxygens (including phenoxy) is 2. The molecule has 116 valence electrons. The van der Waals surface area contributed by atoms with Crippen LogP contribution in [0.1, 0.15) is 37.8 Å². The van der Waals surface area contributed by atoms with Gasteiger partial charge in [0, 0.05) is 18.9 Å². The highest BCUT2D eigenvalue weighted by atomic mass is 35.5. The summed E-state index contributed by atoms with van der Waals surface area (Å²) in [6, 6.07) is 6.03. The quantitative estimate of drug-likeness (QED) is 0.402. The maximum Gasteiger partial charge on any atom is 0.135 e. The van der Waals surface area contributed by atoms with E-state index in [1.165, 1.54) is 5.56 Å². The van der Waals surface area contributed by atoms with Crippen LogP contribution in [0.5, 0.6) is 5.75 Å². The van der Waals surface area contributed by atoms with Crippen molar-refractivity contribution in [2.45, 2.75) is 33.6 Å². The van der Waals surface area contributed by atoms with Crippen molar-refractivity contribution in [1.29, 1.82) is 0 Å². The molecule has 0 unspecified atom stereocenters. The van der Waals surface area contributed by atoms with E-state index in [1.807, 2.05) is 25.1 Å². The highest BCUT2D eigenvalue weighted by molar-refractivity contribution is 6.18. The Balaban J connectivity index is 2.45. The molecule has 0 saturated carbocycles. The van der Waals surface area contributed by atoms with Gasteiger partial charge >= 0.3 is 0 Å². The number of rotatable bonds is 8. The van der Waals surface area contributed by atoms with Gasteiger partial charge in [-0.1, -0.05) is 31.8 Å². The molecule has 0 aliphatic heterocycles. The minimum Gasteiger partial charge on any atom is -0.490 e. The molecule has 0 spiro atoms. The average molecular weight is 309 g/mol. The standard InChI is InChI=1S/C18H25ClO2/c1-15(2)9-11-20-12-13-21-18-8-7-16(3)14-17(18)6-4-5-10-19/h7-8,14-15H,5,9-13H2,1-3H3. The van der Waals surface area contributed by atoms with Crippen molar-refractivity contribution in [3.05, 3.63) is 29.3 Å². The second-order valence-corrected chi connectivity index (χ2v) is 5.76. The van der Waals surface area contributed by atoms with E-state index in [9.17, 15) is 0 Å². The molecule has 3 heteroatoms. The number of hydrogen-bond acceptors (Lipinski definition) is 2. The molecule has 1 aromatic carbocycles. The van der Waals surface area contributed by atoms with Crippen LogP contribution >= 0.6 is 11.6 Å². The lowest BCUT2D eigenvalue weighted by Crippen LogP contribution is -2.09. The highest BCUT2D eigenvalue weighted by Crippen LogP contribution is 2.19. The number of alkyl halides is 1. The van der Waals surface area contributed by atoms with E-state index < -0.39 is 0 Å². The molecular weight excluding hydrogens is 284 g/mol. The summed E-state index contributed by atoms with van der Waals surface area (Å²) < 4.78 is 11.3. The molecule has 21 heavy (non-hydrogen) atoms. The zero-order chi connectivity index (χ0) is 15.5. The average Bonchev–Trinajstić information content (AvgIpc) is 2.44. The van der Waals surface area contributed by atoms with Crippen molar-refractivity contribution in [1.82, 2.24) is 0 Å². The monoisotopic (exact) mass is 308 g/mol. The summed E-state index contributed by atoms with van der Waals surface area (Å²) in [5.74, 6) is 8.21. The van der Waals surface area contributed by atoms with E-state index >= 15 is 0 Å². The van der Waals surface area contributed by atoms with Crippen molar-refractivity contribution >= 4 is 11.6 Å². The fourth-order valence-corrected chi connectivity index (χ4v) is 1.80. The van der Waals surface area contributed by atoms with E-state index in [0.717, 1.165) is 24.3 Å². The highest BCUT2D eigenvalue weighted by Gasteiger charge is 2.02. The number of hydrogen-bond donors (Lipinski definition) is 0. The topological polar surface area (TPSA) is 18.5 Å². The van der Waals surface area contributed by atoms with Gasteiger partial charge in [-0.25, -0.2) is 0 Å². The van der Waals surface area contributed by atoms with Crippen LogP contribution in [0.3, 0.4) is 0 Å². The maximum atomic E-state index is 5.77. The van der Waals surface area contributed by atoms with Gasteiger partial charge in [0.15, 0.2) is 0 Å². The predicted octanol–water partition coefficient (Wildman–Crippen LogP) is 4.42. The van der Waals surface area contributed by atoms with Crippen LogP contribution in [0.25, 0.3) is 0 Å². The number of halogens is 1. The van der Waals surface area contributed by atoms with Crippen molar-refractivity contribution in [2.75, 3.05) is 25.7 Å². The second kappa shape index (κ2) is 10.5. The third-order valence-corrected chi connectivity index (χ3v) is 3.09. The Morgan fingerprint density at radius 1 is 1.19 bits per heavy atom. The molecule has 1 aromatic rings. The van der Waals surface area contributed by atoms with Crippen LogP contribution in [0.15, 0.2) is 18.2 Å². The number of aryl methyl sites for hydroxylation is 1. The summed E-state index contributed by atoms with van der Waals surface area (Å²) in [5, 5.41) is 0. The summed E-state index contributed by atoms with van der Waals surface area (Å²) in [6.45, 7) is 8.37. The molecule has 0 fully saturated rings. The van der Waals surface area contributed by atoms with Gasteiger partial charge in [0.05, 0.1) is 12.2 Å². The van der Waals surface area contributed by atoms with E-state index in [2.05, 4.69) is 25.7 Å². The van der Waals surface area contributed by atoms with Crippen LogP contribution in [0.4, 0.5) is 0 Å². The lowest BCUT2D eigenvalue weighted by Gasteiger charge is -2.10. The van der Waals surface area contributed by atoms with Crippen molar-refractivity contribution in [3.63, 3.8) is 0 Å². The van der Waals surface area contributed by atoms with Gasteiger partial charge in [0.2, 0.25) is 0 Å². The Morgan fingerprint density at radius 3 is 2.71 bits per heavy atom. The normalized spacial score (nSPS) is 10.3. The van der Waals surface area contributed by atoms with Crippen LogP contribution in [0, 0.1) is 24.7 Å². The third kappa shape index (κ3) is 7.99. The molecule has 0 heterocycles. The Bertz CT molecular complexity index is 472. The summed E-state index contributed by atoms with van der Waals surface area (Å²) >= 11 is 5.64. The first-order chi connectivity index (χ1) is 10.1. The van der Waals surface area contributed by atoms with Gasteiger partial charge in [0.1, 0.15) is 12.4 Å². The van der Waals surface area contributed by atoms with Crippen LogP contribution in [-0.2, 0) is 4.74 Å². The fraction of sp³-hybridized carbons (Fsp3) is 0.556. The maximum absolute atomic E-state index is 5.77. The minimum absolute atomic E-state index is 0.547. The molecule has 0 amide bonds. The third-order valence-electron chi connectivity index (χ3n) is 2.90. The summed E-state index contributed by atoms with van der Waals surface area (Å²) in [4.78, 5) is 0. The predicted molar refractivity (Wildman–Crippen MR) is 89.2 cm³/mol. The van der Waals surface area contributed by atoms with Crippen LogP contribution < -0.4 is 4.74 Å². The minimum atomic E-state index is 0.547. The molecule has 0 N–H and O–H groups in total. The number of benzene rings is 1. The van der Waals surface area contributed by atoms with E-state index in [4.69, 9.17) is 21.1 Å². The Kier molecular flexibility index (Phi) is 8.98. The summed E-state index contributed by atoms with van der Waals surface area (Å²) in [6.07, 6.45) is 1.77. The van der Waals surface area contributed by atoms with Gasteiger partial charge in [0.25, 0.3) is 0 Å². The van der Waals surface area contributed by atoms with E-state index in [1.54, 1.807) is 0 Å². The van der Waals surface area contributed by atoms with Crippen LogP contribution in [0.2, 0.25) is 0 Å². The summed E-state index contributed by atoms with van der Waals surface area (Å²) in [5.41, 5.74) is 2.09. The van der Waals surface area contributed by atoms with Crippen molar-refractivity contribution in [2.24, 2.45) is 5.92 Å². The zero-order valence-corrected chi connectivity index (χ0v) is 14.0. The fourth-order valence-electron chi connectivity index (χ4n) is 1.70. The molecule has 0 atom stereocenters. The Labute approximate surface area is 133 Å². The summed E-state index contributed by atoms with van der Waals surface area (Å²) in [7, 11) is 0. The van der Waals surface area contributed by atoms with Gasteiger partial charge in [-0.05, 0) is 37.0 Å². The lowest BCUT2D eigenvalue weighted by atomic mass is 10.1.